The van der Waals surface area contributed by atoms with E-state index in [1.807, 2.05) is 6.92 Å². The van der Waals surface area contributed by atoms with E-state index in [0.717, 1.165) is 0 Å². The Hall–Kier alpha value is -1.54. The molecule has 0 aromatic carbocycles. The van der Waals surface area contributed by atoms with E-state index in [1.54, 1.807) is 7.11 Å². The van der Waals surface area contributed by atoms with Crippen molar-refractivity contribution < 1.29 is 9.53 Å². The SMILES string of the molecule is COCC(C)NC(=NCCNC(N)=O)NN. The highest BCUT2D eigenvalue weighted by molar-refractivity contribution is 5.79. The minimum absolute atomic E-state index is 0.0869. The zero-order valence-corrected chi connectivity index (χ0v) is 9.62. The smallest absolute Gasteiger partial charge is 0.312 e. The Morgan fingerprint density at radius 3 is 2.75 bits per heavy atom. The number of nitrogens with two attached hydrogens (primary N) is 2. The van der Waals surface area contributed by atoms with E-state index in [9.17, 15) is 4.79 Å². The lowest BCUT2D eigenvalue weighted by molar-refractivity contribution is 0.179. The van der Waals surface area contributed by atoms with Crippen molar-refractivity contribution in [1.82, 2.24) is 16.1 Å². The Balaban J connectivity index is 3.87. The molecule has 2 amide bonds. The molecule has 94 valence electrons. The second-order valence-electron chi connectivity index (χ2n) is 3.17. The predicted octanol–water partition coefficient (Wildman–Crippen LogP) is -1.90. The number of amides is 2. The van der Waals surface area contributed by atoms with Crippen LogP contribution in [0.5, 0.6) is 0 Å². The number of hydrazine groups is 1. The molecule has 0 saturated heterocycles. The topological polar surface area (TPSA) is 127 Å². The Bertz CT molecular complexity index is 233. The average molecular weight is 232 g/mol. The molecule has 1 atom stereocenters. The van der Waals surface area contributed by atoms with Crippen LogP contribution in [0.4, 0.5) is 4.79 Å². The fourth-order valence-corrected chi connectivity index (χ4v) is 1.00. The van der Waals surface area contributed by atoms with Crippen molar-refractivity contribution in [2.75, 3.05) is 26.8 Å². The van der Waals surface area contributed by atoms with Crippen molar-refractivity contribution in [3.05, 3.63) is 0 Å². The summed E-state index contributed by atoms with van der Waals surface area (Å²) in [5, 5.41) is 5.41. The summed E-state index contributed by atoms with van der Waals surface area (Å²) in [6.45, 7) is 3.22. The highest BCUT2D eigenvalue weighted by atomic mass is 16.5. The fourth-order valence-electron chi connectivity index (χ4n) is 1.00. The lowest BCUT2D eigenvalue weighted by Gasteiger charge is -2.15. The van der Waals surface area contributed by atoms with Gasteiger partial charge >= 0.3 is 6.03 Å². The first-order valence-corrected chi connectivity index (χ1v) is 4.90. The van der Waals surface area contributed by atoms with E-state index in [0.29, 0.717) is 25.7 Å². The van der Waals surface area contributed by atoms with Gasteiger partial charge in [-0.2, -0.15) is 0 Å². The first-order chi connectivity index (χ1) is 7.60. The molecule has 0 rings (SSSR count). The number of hydrogen-bond donors (Lipinski definition) is 5. The number of aliphatic imine (C=N–C) groups is 1. The van der Waals surface area contributed by atoms with E-state index in [1.165, 1.54) is 0 Å². The number of methoxy groups -OCH3 is 1. The van der Waals surface area contributed by atoms with Gasteiger partial charge in [-0.1, -0.05) is 0 Å². The standard InChI is InChI=1S/C8H20N6O2/c1-6(5-16-2)13-8(14-10)12-4-3-11-7(9)15/h6H,3-5,10H2,1-2H3,(H3,9,11,15)(H2,12,13,14). The molecule has 0 saturated carbocycles. The number of rotatable bonds is 6. The van der Waals surface area contributed by atoms with Crippen molar-refractivity contribution in [2.45, 2.75) is 13.0 Å². The summed E-state index contributed by atoms with van der Waals surface area (Å²) in [6.07, 6.45) is 0. The van der Waals surface area contributed by atoms with E-state index in [-0.39, 0.29) is 6.04 Å². The van der Waals surface area contributed by atoms with Crippen LogP contribution in [-0.4, -0.2) is 44.8 Å². The molecule has 0 spiro atoms. The van der Waals surface area contributed by atoms with Gasteiger partial charge in [0.1, 0.15) is 0 Å². The van der Waals surface area contributed by atoms with Crippen LogP contribution < -0.4 is 27.6 Å². The molecule has 0 heterocycles. The number of carbonyl (C=O) groups excluding carboxylic acids is 1. The van der Waals surface area contributed by atoms with Gasteiger partial charge < -0.3 is 21.1 Å². The summed E-state index contributed by atoms with van der Waals surface area (Å²) >= 11 is 0. The maximum atomic E-state index is 10.4. The summed E-state index contributed by atoms with van der Waals surface area (Å²) in [4.78, 5) is 14.4. The number of ether oxygens (including phenoxy) is 1. The summed E-state index contributed by atoms with van der Waals surface area (Å²) in [5.41, 5.74) is 7.31. The Morgan fingerprint density at radius 2 is 2.25 bits per heavy atom. The van der Waals surface area contributed by atoms with Gasteiger partial charge in [0.2, 0.25) is 5.96 Å². The van der Waals surface area contributed by atoms with Crippen molar-refractivity contribution in [3.8, 4) is 0 Å². The van der Waals surface area contributed by atoms with E-state index < -0.39 is 6.03 Å². The Labute approximate surface area is 94.8 Å². The molecule has 0 aromatic rings. The van der Waals surface area contributed by atoms with Crippen molar-refractivity contribution >= 4 is 12.0 Å². The molecule has 0 bridgehead atoms. The largest absolute Gasteiger partial charge is 0.383 e. The quantitative estimate of drug-likeness (QED) is 0.120. The highest BCUT2D eigenvalue weighted by Gasteiger charge is 2.03. The van der Waals surface area contributed by atoms with Gasteiger partial charge in [0.05, 0.1) is 13.2 Å². The molecule has 7 N–H and O–H groups in total. The number of guanidine groups is 1. The van der Waals surface area contributed by atoms with E-state index >= 15 is 0 Å². The predicted molar refractivity (Wildman–Crippen MR) is 61.7 cm³/mol. The van der Waals surface area contributed by atoms with Crippen LogP contribution in [-0.2, 0) is 4.74 Å². The Morgan fingerprint density at radius 1 is 1.56 bits per heavy atom. The third-order valence-electron chi connectivity index (χ3n) is 1.62. The molecular weight excluding hydrogens is 212 g/mol. The van der Waals surface area contributed by atoms with Crippen molar-refractivity contribution in [1.29, 1.82) is 0 Å². The van der Waals surface area contributed by atoms with Crippen LogP contribution >= 0.6 is 0 Å². The fraction of sp³-hybridized carbons (Fsp3) is 0.750. The number of urea groups is 1. The molecule has 16 heavy (non-hydrogen) atoms. The van der Waals surface area contributed by atoms with Crippen LogP contribution in [0.25, 0.3) is 0 Å². The lowest BCUT2D eigenvalue weighted by atomic mass is 10.4. The zero-order valence-electron chi connectivity index (χ0n) is 9.62. The van der Waals surface area contributed by atoms with Crippen molar-refractivity contribution in [3.63, 3.8) is 0 Å². The van der Waals surface area contributed by atoms with E-state index in [4.69, 9.17) is 16.3 Å². The van der Waals surface area contributed by atoms with Crippen LogP contribution in [0.3, 0.4) is 0 Å². The van der Waals surface area contributed by atoms with Crippen LogP contribution in [0, 0.1) is 0 Å². The average Bonchev–Trinajstić information content (AvgIpc) is 2.22. The number of nitrogens with one attached hydrogen (secondary N) is 3. The molecular formula is C8H20N6O2. The second kappa shape index (κ2) is 8.74. The molecule has 0 aliphatic carbocycles. The van der Waals surface area contributed by atoms with Crippen LogP contribution in [0.15, 0.2) is 4.99 Å². The number of hydrogen-bond acceptors (Lipinski definition) is 4. The van der Waals surface area contributed by atoms with Gasteiger partial charge in [-0.05, 0) is 6.92 Å². The molecule has 0 fully saturated rings. The minimum Gasteiger partial charge on any atom is -0.383 e. The summed E-state index contributed by atoms with van der Waals surface area (Å²) in [5.74, 6) is 5.70. The number of nitrogens with zero attached hydrogens (tertiary/aromatic N) is 1. The maximum Gasteiger partial charge on any atom is 0.312 e. The normalized spacial score (nSPS) is 13.1. The monoisotopic (exact) mass is 232 g/mol. The molecule has 0 aliphatic rings. The van der Waals surface area contributed by atoms with E-state index in [2.05, 4.69) is 21.1 Å². The van der Waals surface area contributed by atoms with Gasteiger partial charge in [0, 0.05) is 19.7 Å². The zero-order chi connectivity index (χ0) is 12.4. The molecule has 0 aliphatic heterocycles. The summed E-state index contributed by atoms with van der Waals surface area (Å²) in [7, 11) is 1.61. The first-order valence-electron chi connectivity index (χ1n) is 4.90. The summed E-state index contributed by atoms with van der Waals surface area (Å²) < 4.78 is 4.95. The van der Waals surface area contributed by atoms with Crippen molar-refractivity contribution in [2.24, 2.45) is 16.6 Å². The minimum atomic E-state index is -0.571. The van der Waals surface area contributed by atoms with Gasteiger partial charge in [0.15, 0.2) is 0 Å². The third kappa shape index (κ3) is 7.83. The molecule has 8 heteroatoms. The maximum absolute atomic E-state index is 10.4. The van der Waals surface area contributed by atoms with Gasteiger partial charge in [-0.25, -0.2) is 10.6 Å². The molecule has 8 nitrogen and oxygen atoms in total. The van der Waals surface area contributed by atoms with Gasteiger partial charge in [-0.15, -0.1) is 0 Å². The second-order valence-corrected chi connectivity index (χ2v) is 3.17. The molecule has 0 aromatic heterocycles. The number of primary amides is 1. The Kier molecular flexibility index (Phi) is 7.90. The third-order valence-corrected chi connectivity index (χ3v) is 1.62. The highest BCUT2D eigenvalue weighted by Crippen LogP contribution is 1.82. The first kappa shape index (κ1) is 14.5. The lowest BCUT2D eigenvalue weighted by Crippen LogP contribution is -2.47. The van der Waals surface area contributed by atoms with Gasteiger partial charge in [-0.3, -0.25) is 10.4 Å². The molecule has 0 radical (unpaired) electrons. The van der Waals surface area contributed by atoms with Crippen LogP contribution in [0.2, 0.25) is 0 Å². The molecule has 1 unspecified atom stereocenters. The number of carbonyl (C=O) groups is 1. The summed E-state index contributed by atoms with van der Waals surface area (Å²) in [6, 6.07) is -0.484. The van der Waals surface area contributed by atoms with Crippen LogP contribution in [0.1, 0.15) is 6.92 Å². The van der Waals surface area contributed by atoms with Gasteiger partial charge in [0.25, 0.3) is 0 Å².